The average Bonchev–Trinajstić information content (AvgIpc) is 2.40. The summed E-state index contributed by atoms with van der Waals surface area (Å²) in [5, 5.41) is 0. The number of nitrogens with zero attached hydrogens (tertiary/aromatic N) is 1. The second-order valence-electron chi connectivity index (χ2n) is 4.29. The van der Waals surface area contributed by atoms with Crippen LogP contribution in [0.3, 0.4) is 0 Å². The molecule has 19 heavy (non-hydrogen) atoms. The van der Waals surface area contributed by atoms with E-state index >= 15 is 0 Å². The Morgan fingerprint density at radius 1 is 1.26 bits per heavy atom. The average molecular weight is 261 g/mol. The van der Waals surface area contributed by atoms with Gasteiger partial charge in [-0.15, -0.1) is 0 Å². The Morgan fingerprint density at radius 2 is 2.05 bits per heavy atom. The molecule has 1 atom stereocenters. The van der Waals surface area contributed by atoms with Crippen LogP contribution in [0.15, 0.2) is 36.7 Å². The maximum atomic E-state index is 13.7. The van der Waals surface area contributed by atoms with Gasteiger partial charge in [0.2, 0.25) is 0 Å². The molecule has 1 unspecified atom stereocenters. The van der Waals surface area contributed by atoms with Crippen molar-refractivity contribution in [2.45, 2.75) is 13.0 Å². The Balaban J connectivity index is 2.39. The molecule has 0 aliphatic carbocycles. The summed E-state index contributed by atoms with van der Waals surface area (Å²) < 4.78 is 18.6. The summed E-state index contributed by atoms with van der Waals surface area (Å²) in [5.74, 6) is 5.37. The van der Waals surface area contributed by atoms with Crippen molar-refractivity contribution in [3.63, 3.8) is 0 Å². The van der Waals surface area contributed by atoms with Gasteiger partial charge in [0.25, 0.3) is 0 Å². The monoisotopic (exact) mass is 261 g/mol. The SMILES string of the molecule is COc1ccc(C(NN)c2cncc(C)c2)cc1F. The molecule has 100 valence electrons. The van der Waals surface area contributed by atoms with E-state index < -0.39 is 5.82 Å². The normalized spacial score (nSPS) is 12.2. The van der Waals surface area contributed by atoms with Crippen molar-refractivity contribution in [2.24, 2.45) is 5.84 Å². The van der Waals surface area contributed by atoms with Gasteiger partial charge >= 0.3 is 0 Å². The third-order valence-corrected chi connectivity index (χ3v) is 2.91. The first-order chi connectivity index (χ1) is 9.15. The molecule has 0 amide bonds. The zero-order valence-electron chi connectivity index (χ0n) is 10.9. The Hall–Kier alpha value is -1.98. The first kappa shape index (κ1) is 13.5. The van der Waals surface area contributed by atoms with Crippen molar-refractivity contribution < 1.29 is 9.13 Å². The molecule has 2 aromatic rings. The number of pyridine rings is 1. The molecule has 0 bridgehead atoms. The fourth-order valence-corrected chi connectivity index (χ4v) is 1.98. The van der Waals surface area contributed by atoms with Gasteiger partial charge < -0.3 is 4.74 Å². The molecule has 3 N–H and O–H groups in total. The highest BCUT2D eigenvalue weighted by Gasteiger charge is 2.15. The summed E-state index contributed by atoms with van der Waals surface area (Å²) in [7, 11) is 1.43. The second-order valence-corrected chi connectivity index (χ2v) is 4.29. The van der Waals surface area contributed by atoms with Crippen LogP contribution in [0.1, 0.15) is 22.7 Å². The predicted molar refractivity (Wildman–Crippen MR) is 71.1 cm³/mol. The Labute approximate surface area is 111 Å². The van der Waals surface area contributed by atoms with Gasteiger partial charge in [0.15, 0.2) is 11.6 Å². The Kier molecular flexibility index (Phi) is 4.09. The van der Waals surface area contributed by atoms with Crippen LogP contribution in [0.4, 0.5) is 4.39 Å². The number of halogens is 1. The minimum absolute atomic E-state index is 0.210. The molecule has 4 nitrogen and oxygen atoms in total. The van der Waals surface area contributed by atoms with Crippen LogP contribution in [-0.2, 0) is 0 Å². The number of ether oxygens (including phenoxy) is 1. The lowest BCUT2D eigenvalue weighted by Crippen LogP contribution is -2.29. The molecule has 0 spiro atoms. The fourth-order valence-electron chi connectivity index (χ4n) is 1.98. The number of hydrogen-bond donors (Lipinski definition) is 2. The number of hydrazine groups is 1. The van der Waals surface area contributed by atoms with E-state index in [2.05, 4.69) is 10.4 Å². The summed E-state index contributed by atoms with van der Waals surface area (Å²) in [4.78, 5) is 4.12. The first-order valence-electron chi connectivity index (χ1n) is 5.87. The van der Waals surface area contributed by atoms with Crippen LogP contribution in [-0.4, -0.2) is 12.1 Å². The van der Waals surface area contributed by atoms with E-state index in [1.165, 1.54) is 13.2 Å². The van der Waals surface area contributed by atoms with E-state index in [-0.39, 0.29) is 11.8 Å². The molecule has 1 heterocycles. The van der Waals surface area contributed by atoms with E-state index in [4.69, 9.17) is 10.6 Å². The molecule has 5 heteroatoms. The molecule has 1 aromatic carbocycles. The molecule has 0 aliphatic rings. The molecule has 1 aromatic heterocycles. The second kappa shape index (κ2) is 5.77. The number of benzene rings is 1. The van der Waals surface area contributed by atoms with E-state index in [1.807, 2.05) is 13.0 Å². The van der Waals surface area contributed by atoms with Gasteiger partial charge in [0, 0.05) is 12.4 Å². The number of hydrogen-bond acceptors (Lipinski definition) is 4. The fraction of sp³-hybridized carbons (Fsp3) is 0.214. The quantitative estimate of drug-likeness (QED) is 0.653. The van der Waals surface area contributed by atoms with Crippen LogP contribution >= 0.6 is 0 Å². The molecule has 0 saturated heterocycles. The number of nitrogens with one attached hydrogen (secondary N) is 1. The summed E-state index contributed by atoms with van der Waals surface area (Å²) >= 11 is 0. The van der Waals surface area contributed by atoms with Gasteiger partial charge in [-0.3, -0.25) is 10.8 Å². The van der Waals surface area contributed by atoms with Crippen LogP contribution in [0, 0.1) is 12.7 Å². The first-order valence-corrected chi connectivity index (χ1v) is 5.87. The number of aromatic nitrogens is 1. The Bertz CT molecular complexity index is 574. The van der Waals surface area contributed by atoms with Crippen LogP contribution in [0.25, 0.3) is 0 Å². The van der Waals surface area contributed by atoms with Gasteiger partial charge in [-0.1, -0.05) is 12.1 Å². The van der Waals surface area contributed by atoms with Crippen molar-refractivity contribution in [1.82, 2.24) is 10.4 Å². The summed E-state index contributed by atoms with van der Waals surface area (Å²) in [6.45, 7) is 1.94. The lowest BCUT2D eigenvalue weighted by molar-refractivity contribution is 0.385. The van der Waals surface area contributed by atoms with Crippen molar-refractivity contribution in [2.75, 3.05) is 7.11 Å². The summed E-state index contributed by atoms with van der Waals surface area (Å²) in [5.41, 5.74) is 5.30. The summed E-state index contributed by atoms with van der Waals surface area (Å²) in [6, 6.07) is 6.41. The zero-order valence-corrected chi connectivity index (χ0v) is 10.9. The van der Waals surface area contributed by atoms with Gasteiger partial charge in [0.05, 0.1) is 13.2 Å². The van der Waals surface area contributed by atoms with Crippen LogP contribution < -0.4 is 16.0 Å². The van der Waals surface area contributed by atoms with E-state index in [1.54, 1.807) is 24.5 Å². The smallest absolute Gasteiger partial charge is 0.165 e. The highest BCUT2D eigenvalue weighted by Crippen LogP contribution is 2.25. The van der Waals surface area contributed by atoms with Crippen LogP contribution in [0.2, 0.25) is 0 Å². The number of nitrogens with two attached hydrogens (primary N) is 1. The molecule has 0 saturated carbocycles. The maximum absolute atomic E-state index is 13.7. The maximum Gasteiger partial charge on any atom is 0.165 e. The van der Waals surface area contributed by atoms with Crippen molar-refractivity contribution in [1.29, 1.82) is 0 Å². The molecule has 0 aliphatic heterocycles. The van der Waals surface area contributed by atoms with Crippen molar-refractivity contribution in [3.8, 4) is 5.75 Å². The molecule has 0 radical (unpaired) electrons. The molecule has 2 rings (SSSR count). The summed E-state index contributed by atoms with van der Waals surface area (Å²) in [6.07, 6.45) is 3.46. The van der Waals surface area contributed by atoms with E-state index in [0.717, 1.165) is 11.1 Å². The number of rotatable bonds is 4. The Morgan fingerprint density at radius 3 is 2.63 bits per heavy atom. The molecular formula is C14H16FN3O. The lowest BCUT2D eigenvalue weighted by atomic mass is 9.99. The van der Waals surface area contributed by atoms with Gasteiger partial charge in [-0.2, -0.15) is 0 Å². The standard InChI is InChI=1S/C14H16FN3O/c1-9-5-11(8-17-7-9)14(18-16)10-3-4-13(19-2)12(15)6-10/h3-8,14,18H,16H2,1-2H3. The topological polar surface area (TPSA) is 60.2 Å². The molecular weight excluding hydrogens is 245 g/mol. The predicted octanol–water partition coefficient (Wildman–Crippen LogP) is 2.09. The highest BCUT2D eigenvalue weighted by atomic mass is 19.1. The van der Waals surface area contributed by atoms with Crippen molar-refractivity contribution in [3.05, 3.63) is 59.2 Å². The zero-order chi connectivity index (χ0) is 13.8. The van der Waals surface area contributed by atoms with Gasteiger partial charge in [0.1, 0.15) is 0 Å². The number of aryl methyl sites for hydroxylation is 1. The molecule has 0 fully saturated rings. The largest absolute Gasteiger partial charge is 0.494 e. The minimum atomic E-state index is -0.416. The van der Waals surface area contributed by atoms with E-state index in [0.29, 0.717) is 5.56 Å². The van der Waals surface area contributed by atoms with Crippen LogP contribution in [0.5, 0.6) is 5.75 Å². The number of methoxy groups -OCH3 is 1. The van der Waals surface area contributed by atoms with Gasteiger partial charge in [-0.25, -0.2) is 9.82 Å². The van der Waals surface area contributed by atoms with E-state index in [9.17, 15) is 4.39 Å². The van der Waals surface area contributed by atoms with Gasteiger partial charge in [-0.05, 0) is 35.7 Å². The highest BCUT2D eigenvalue weighted by molar-refractivity contribution is 5.36. The third kappa shape index (κ3) is 2.89. The lowest BCUT2D eigenvalue weighted by Gasteiger charge is -2.17. The van der Waals surface area contributed by atoms with Crippen molar-refractivity contribution >= 4 is 0 Å². The third-order valence-electron chi connectivity index (χ3n) is 2.91. The minimum Gasteiger partial charge on any atom is -0.494 e.